The van der Waals surface area contributed by atoms with E-state index in [-0.39, 0.29) is 11.8 Å². The van der Waals surface area contributed by atoms with Crippen LogP contribution >= 0.6 is 0 Å². The highest BCUT2D eigenvalue weighted by Gasteiger charge is 2.30. The van der Waals surface area contributed by atoms with Crippen molar-refractivity contribution in [3.63, 3.8) is 0 Å². The van der Waals surface area contributed by atoms with Crippen LogP contribution in [0, 0.1) is 0 Å². The fourth-order valence-corrected chi connectivity index (χ4v) is 1.59. The standard InChI is InChI=1S/C10H16N2O4/c1-3-6(10(15)16-2)11-7-4-5-8(13)12-9(7)14/h6-7,11H,3-5H2,1-2H3,(H,12,13,14). The third-order valence-electron chi connectivity index (χ3n) is 2.54. The molecule has 1 heterocycles. The fourth-order valence-electron chi connectivity index (χ4n) is 1.59. The van der Waals surface area contributed by atoms with E-state index in [1.807, 2.05) is 6.92 Å². The second-order valence-corrected chi connectivity index (χ2v) is 3.65. The van der Waals surface area contributed by atoms with Gasteiger partial charge in [-0.25, -0.2) is 0 Å². The van der Waals surface area contributed by atoms with Gasteiger partial charge in [0.05, 0.1) is 13.2 Å². The zero-order valence-electron chi connectivity index (χ0n) is 9.41. The molecule has 1 saturated heterocycles. The average molecular weight is 228 g/mol. The van der Waals surface area contributed by atoms with Gasteiger partial charge in [0.25, 0.3) is 0 Å². The van der Waals surface area contributed by atoms with E-state index in [1.165, 1.54) is 7.11 Å². The van der Waals surface area contributed by atoms with E-state index in [4.69, 9.17) is 0 Å². The number of carbonyl (C=O) groups excluding carboxylic acids is 3. The topological polar surface area (TPSA) is 84.5 Å². The number of rotatable bonds is 4. The summed E-state index contributed by atoms with van der Waals surface area (Å²) in [6.45, 7) is 1.82. The molecule has 0 aromatic rings. The molecule has 2 unspecified atom stereocenters. The monoisotopic (exact) mass is 228 g/mol. The number of methoxy groups -OCH3 is 1. The SMILES string of the molecule is CCC(NC1CCC(=O)NC1=O)C(=O)OC. The number of hydrogen-bond donors (Lipinski definition) is 2. The van der Waals surface area contributed by atoms with Crippen molar-refractivity contribution in [1.29, 1.82) is 0 Å². The fraction of sp³-hybridized carbons (Fsp3) is 0.700. The number of imide groups is 1. The van der Waals surface area contributed by atoms with Crippen LogP contribution in [0.25, 0.3) is 0 Å². The van der Waals surface area contributed by atoms with Crippen molar-refractivity contribution >= 4 is 17.8 Å². The van der Waals surface area contributed by atoms with Crippen molar-refractivity contribution in [1.82, 2.24) is 10.6 Å². The number of nitrogens with one attached hydrogen (secondary N) is 2. The summed E-state index contributed by atoms with van der Waals surface area (Å²) >= 11 is 0. The lowest BCUT2D eigenvalue weighted by Gasteiger charge is -2.25. The van der Waals surface area contributed by atoms with Crippen LogP contribution in [0.15, 0.2) is 0 Å². The van der Waals surface area contributed by atoms with Gasteiger partial charge in [-0.3, -0.25) is 25.0 Å². The normalized spacial score (nSPS) is 22.5. The summed E-state index contributed by atoms with van der Waals surface area (Å²) in [5, 5.41) is 5.11. The summed E-state index contributed by atoms with van der Waals surface area (Å²) in [7, 11) is 1.30. The Hall–Kier alpha value is -1.43. The summed E-state index contributed by atoms with van der Waals surface area (Å²) < 4.78 is 4.60. The third kappa shape index (κ3) is 3.03. The van der Waals surface area contributed by atoms with Crippen LogP contribution in [0.5, 0.6) is 0 Å². The van der Waals surface area contributed by atoms with Gasteiger partial charge in [0.15, 0.2) is 0 Å². The maximum Gasteiger partial charge on any atom is 0.322 e. The van der Waals surface area contributed by atoms with E-state index < -0.39 is 18.1 Å². The van der Waals surface area contributed by atoms with Crippen LogP contribution in [0.4, 0.5) is 0 Å². The molecule has 0 bridgehead atoms. The molecule has 1 rings (SSSR count). The lowest BCUT2D eigenvalue weighted by Crippen LogP contribution is -2.55. The number of ether oxygens (including phenoxy) is 1. The van der Waals surface area contributed by atoms with Crippen molar-refractivity contribution in [2.75, 3.05) is 7.11 Å². The number of hydrogen-bond acceptors (Lipinski definition) is 5. The molecule has 2 N–H and O–H groups in total. The molecule has 0 saturated carbocycles. The number of piperidine rings is 1. The number of carbonyl (C=O) groups is 3. The Morgan fingerprint density at radius 3 is 2.81 bits per heavy atom. The molecule has 2 atom stereocenters. The summed E-state index contributed by atoms with van der Waals surface area (Å²) in [5.74, 6) is -1.04. The van der Waals surface area contributed by atoms with Crippen LogP contribution in [0.1, 0.15) is 26.2 Å². The van der Waals surface area contributed by atoms with Gasteiger partial charge in [-0.2, -0.15) is 0 Å². The second-order valence-electron chi connectivity index (χ2n) is 3.65. The molecular formula is C10H16N2O4. The van der Waals surface area contributed by atoms with Crippen molar-refractivity contribution in [2.24, 2.45) is 0 Å². The Labute approximate surface area is 93.7 Å². The molecule has 0 aliphatic carbocycles. The van der Waals surface area contributed by atoms with Crippen molar-refractivity contribution in [2.45, 2.75) is 38.3 Å². The molecule has 16 heavy (non-hydrogen) atoms. The maximum atomic E-state index is 11.4. The number of esters is 1. The van der Waals surface area contributed by atoms with Gasteiger partial charge in [0.1, 0.15) is 6.04 Å². The Bertz CT molecular complexity index is 303. The first-order chi connectivity index (χ1) is 7.58. The Kier molecular flexibility index (Phi) is 4.42. The van der Waals surface area contributed by atoms with E-state index >= 15 is 0 Å². The first-order valence-electron chi connectivity index (χ1n) is 5.26. The first kappa shape index (κ1) is 12.6. The van der Waals surface area contributed by atoms with Crippen LogP contribution < -0.4 is 10.6 Å². The van der Waals surface area contributed by atoms with Crippen LogP contribution in [0.3, 0.4) is 0 Å². The molecule has 6 nitrogen and oxygen atoms in total. The molecule has 6 heteroatoms. The molecule has 2 amide bonds. The molecular weight excluding hydrogens is 212 g/mol. The minimum atomic E-state index is -0.506. The predicted octanol–water partition coefficient (Wildman–Crippen LogP) is -0.667. The van der Waals surface area contributed by atoms with Gasteiger partial charge < -0.3 is 4.74 Å². The lowest BCUT2D eigenvalue weighted by atomic mass is 10.0. The molecule has 1 fully saturated rings. The van der Waals surface area contributed by atoms with Gasteiger partial charge in [-0.1, -0.05) is 6.92 Å². The highest BCUT2D eigenvalue weighted by Crippen LogP contribution is 2.07. The van der Waals surface area contributed by atoms with Crippen molar-refractivity contribution in [3.05, 3.63) is 0 Å². The largest absolute Gasteiger partial charge is 0.468 e. The zero-order valence-corrected chi connectivity index (χ0v) is 9.41. The molecule has 1 aliphatic rings. The highest BCUT2D eigenvalue weighted by molar-refractivity contribution is 6.00. The second kappa shape index (κ2) is 5.60. The third-order valence-corrected chi connectivity index (χ3v) is 2.54. The van der Waals surface area contributed by atoms with Crippen LogP contribution in [0.2, 0.25) is 0 Å². The molecule has 90 valence electrons. The summed E-state index contributed by atoms with van der Waals surface area (Å²) in [6.07, 6.45) is 1.24. The molecule has 0 aromatic heterocycles. The summed E-state index contributed by atoms with van der Waals surface area (Å²) in [5.41, 5.74) is 0. The van der Waals surface area contributed by atoms with E-state index in [9.17, 15) is 14.4 Å². The van der Waals surface area contributed by atoms with Crippen molar-refractivity contribution in [3.8, 4) is 0 Å². The Morgan fingerprint density at radius 1 is 1.62 bits per heavy atom. The van der Waals surface area contributed by atoms with Crippen LogP contribution in [-0.4, -0.2) is 37.0 Å². The highest BCUT2D eigenvalue weighted by atomic mass is 16.5. The van der Waals surface area contributed by atoms with E-state index in [0.717, 1.165) is 0 Å². The van der Waals surface area contributed by atoms with E-state index in [2.05, 4.69) is 15.4 Å². The van der Waals surface area contributed by atoms with Crippen molar-refractivity contribution < 1.29 is 19.1 Å². The van der Waals surface area contributed by atoms with Gasteiger partial charge in [0, 0.05) is 6.42 Å². The molecule has 0 spiro atoms. The predicted molar refractivity (Wildman–Crippen MR) is 55.4 cm³/mol. The average Bonchev–Trinajstić information content (AvgIpc) is 2.27. The minimum Gasteiger partial charge on any atom is -0.468 e. The summed E-state index contributed by atoms with van der Waals surface area (Å²) in [6, 6.07) is -1.00. The van der Waals surface area contributed by atoms with Gasteiger partial charge >= 0.3 is 5.97 Å². The van der Waals surface area contributed by atoms with Gasteiger partial charge in [-0.15, -0.1) is 0 Å². The smallest absolute Gasteiger partial charge is 0.322 e. The van der Waals surface area contributed by atoms with E-state index in [1.54, 1.807) is 0 Å². The molecule has 0 aromatic carbocycles. The van der Waals surface area contributed by atoms with E-state index in [0.29, 0.717) is 19.3 Å². The Morgan fingerprint density at radius 2 is 2.31 bits per heavy atom. The summed E-state index contributed by atoms with van der Waals surface area (Å²) in [4.78, 5) is 33.6. The first-order valence-corrected chi connectivity index (χ1v) is 5.26. The lowest BCUT2D eigenvalue weighted by molar-refractivity contribution is -0.143. The van der Waals surface area contributed by atoms with Gasteiger partial charge in [0.2, 0.25) is 11.8 Å². The van der Waals surface area contributed by atoms with Crippen LogP contribution in [-0.2, 0) is 19.1 Å². The quantitative estimate of drug-likeness (QED) is 0.492. The zero-order chi connectivity index (χ0) is 12.1. The minimum absolute atomic E-state index is 0.269. The van der Waals surface area contributed by atoms with Gasteiger partial charge in [-0.05, 0) is 12.8 Å². The number of amides is 2. The molecule has 1 aliphatic heterocycles. The maximum absolute atomic E-state index is 11.4. The molecule has 0 radical (unpaired) electrons. The Balaban J connectivity index is 2.55.